The number of esters is 1. The van der Waals surface area contributed by atoms with E-state index in [1.165, 1.54) is 21.3 Å². The molecule has 2 heterocycles. The molecule has 0 aliphatic carbocycles. The van der Waals surface area contributed by atoms with Gasteiger partial charge in [0.1, 0.15) is 6.04 Å². The van der Waals surface area contributed by atoms with Crippen LogP contribution in [-0.4, -0.2) is 43.6 Å². The summed E-state index contributed by atoms with van der Waals surface area (Å²) in [6.07, 6.45) is 0.375. The summed E-state index contributed by atoms with van der Waals surface area (Å²) in [5, 5.41) is 18.7. The summed E-state index contributed by atoms with van der Waals surface area (Å²) in [5.41, 5.74) is 4.85. The molecule has 186 valence electrons. The predicted octanol–water partition coefficient (Wildman–Crippen LogP) is 3.96. The second kappa shape index (κ2) is 9.93. The summed E-state index contributed by atoms with van der Waals surface area (Å²) >= 11 is 0. The molecular weight excluding hydrogens is 458 g/mol. The molecule has 3 aromatic carbocycles. The Kier molecular flexibility index (Phi) is 6.54. The zero-order chi connectivity index (χ0) is 25.2. The number of aromatic amines is 1. The lowest BCUT2D eigenvalue weighted by atomic mass is 9.91. The van der Waals surface area contributed by atoms with Gasteiger partial charge in [-0.3, -0.25) is 10.6 Å². The van der Waals surface area contributed by atoms with Crippen LogP contribution in [0.1, 0.15) is 34.5 Å². The zero-order valence-electron chi connectivity index (χ0n) is 20.4. The van der Waals surface area contributed by atoms with Crippen molar-refractivity contribution in [3.05, 3.63) is 89.1 Å². The molecule has 0 spiro atoms. The maximum atomic E-state index is 12.8. The van der Waals surface area contributed by atoms with Crippen molar-refractivity contribution in [1.29, 1.82) is 0 Å². The number of hydrogen-bond donors (Lipinski definition) is 4. The van der Waals surface area contributed by atoms with Crippen molar-refractivity contribution in [1.82, 2.24) is 15.6 Å². The number of fused-ring (bicyclic) bond motifs is 3. The molecule has 0 saturated carbocycles. The Hall–Kier alpha value is -4.01. The molecule has 0 saturated heterocycles. The molecule has 8 nitrogen and oxygen atoms in total. The number of carbonyl (C=O) groups is 1. The number of methoxy groups -OCH3 is 3. The SMILES string of the molecule is COC(=O)[C@@H](N[C@@H]1Cc2c([nH]c3ccccc23)[C@@H](c2cc(OC)c(O)c(OC)c2)N1)c1ccccc1. The topological polar surface area (TPSA) is 105 Å². The number of benzene rings is 3. The van der Waals surface area contributed by atoms with Gasteiger partial charge in [-0.1, -0.05) is 48.5 Å². The zero-order valence-corrected chi connectivity index (χ0v) is 20.4. The number of H-pyrrole nitrogens is 1. The van der Waals surface area contributed by atoms with E-state index in [9.17, 15) is 9.90 Å². The Morgan fingerprint density at radius 1 is 1.00 bits per heavy atom. The van der Waals surface area contributed by atoms with Crippen molar-refractivity contribution in [2.24, 2.45) is 0 Å². The number of para-hydroxylation sites is 1. The van der Waals surface area contributed by atoms with Crippen molar-refractivity contribution in [2.75, 3.05) is 21.3 Å². The minimum atomic E-state index is -0.648. The molecule has 5 rings (SSSR count). The Bertz CT molecular complexity index is 1360. The van der Waals surface area contributed by atoms with Crippen LogP contribution in [0.25, 0.3) is 10.9 Å². The Balaban J connectivity index is 1.59. The fraction of sp³-hybridized carbons (Fsp3) is 0.250. The molecule has 0 radical (unpaired) electrons. The van der Waals surface area contributed by atoms with E-state index in [2.05, 4.69) is 21.7 Å². The van der Waals surface area contributed by atoms with Crippen molar-refractivity contribution >= 4 is 16.9 Å². The van der Waals surface area contributed by atoms with Gasteiger partial charge in [0.05, 0.1) is 33.5 Å². The third kappa shape index (κ3) is 4.25. The van der Waals surface area contributed by atoms with Crippen LogP contribution in [0.15, 0.2) is 66.7 Å². The molecule has 0 bridgehead atoms. The number of phenols is 1. The first-order valence-electron chi connectivity index (χ1n) is 11.7. The van der Waals surface area contributed by atoms with Crippen LogP contribution in [-0.2, 0) is 16.0 Å². The van der Waals surface area contributed by atoms with Crippen LogP contribution in [0.4, 0.5) is 0 Å². The summed E-state index contributed by atoms with van der Waals surface area (Å²) in [6.45, 7) is 0. The highest BCUT2D eigenvalue weighted by Gasteiger charge is 2.34. The monoisotopic (exact) mass is 487 g/mol. The number of rotatable bonds is 7. The summed E-state index contributed by atoms with van der Waals surface area (Å²) in [6, 6.07) is 20.3. The number of carbonyl (C=O) groups excluding carboxylic acids is 1. The molecule has 1 aliphatic heterocycles. The van der Waals surface area contributed by atoms with E-state index in [1.54, 1.807) is 12.1 Å². The van der Waals surface area contributed by atoms with Gasteiger partial charge in [0.15, 0.2) is 11.5 Å². The number of ether oxygens (including phenoxy) is 3. The van der Waals surface area contributed by atoms with Gasteiger partial charge in [0.2, 0.25) is 5.75 Å². The smallest absolute Gasteiger partial charge is 0.327 e. The molecular formula is C28H29N3O5. The van der Waals surface area contributed by atoms with Crippen LogP contribution in [0, 0.1) is 0 Å². The highest BCUT2D eigenvalue weighted by atomic mass is 16.5. The quantitative estimate of drug-likeness (QED) is 0.293. The maximum Gasteiger partial charge on any atom is 0.327 e. The van der Waals surface area contributed by atoms with Crippen LogP contribution < -0.4 is 20.1 Å². The molecule has 8 heteroatoms. The van der Waals surface area contributed by atoms with Crippen molar-refractivity contribution in [2.45, 2.75) is 24.7 Å². The minimum absolute atomic E-state index is 0.0547. The standard InChI is InChI=1S/C28H29N3O5/c1-34-21-13-17(14-22(35-2)27(21)32)24-26-19(18-11-7-8-12-20(18)29-26)15-23(30-24)31-25(28(33)36-3)16-9-5-4-6-10-16/h4-14,23-25,29-32H,15H2,1-3H3/t23-,24-,25+/m1/s1. The molecule has 0 fully saturated rings. The molecule has 4 N–H and O–H groups in total. The lowest BCUT2D eigenvalue weighted by molar-refractivity contribution is -0.143. The van der Waals surface area contributed by atoms with E-state index in [1.807, 2.05) is 48.5 Å². The summed E-state index contributed by atoms with van der Waals surface area (Å²) in [4.78, 5) is 16.3. The second-order valence-electron chi connectivity index (χ2n) is 8.73. The van der Waals surface area contributed by atoms with E-state index in [0.717, 1.165) is 33.3 Å². The highest BCUT2D eigenvalue weighted by molar-refractivity contribution is 5.85. The van der Waals surface area contributed by atoms with Gasteiger partial charge in [-0.25, -0.2) is 4.79 Å². The van der Waals surface area contributed by atoms with Crippen LogP contribution in [0.2, 0.25) is 0 Å². The molecule has 0 amide bonds. The predicted molar refractivity (Wildman–Crippen MR) is 136 cm³/mol. The average Bonchev–Trinajstić information content (AvgIpc) is 3.30. The van der Waals surface area contributed by atoms with Crippen LogP contribution in [0.5, 0.6) is 17.2 Å². The average molecular weight is 488 g/mol. The van der Waals surface area contributed by atoms with Gasteiger partial charge in [-0.15, -0.1) is 0 Å². The third-order valence-corrected chi connectivity index (χ3v) is 6.68. The van der Waals surface area contributed by atoms with Crippen LogP contribution in [0.3, 0.4) is 0 Å². The van der Waals surface area contributed by atoms with E-state index in [-0.39, 0.29) is 23.9 Å². The normalized spacial score (nSPS) is 17.9. The summed E-state index contributed by atoms with van der Waals surface area (Å²) < 4.78 is 16.0. The van der Waals surface area contributed by atoms with E-state index < -0.39 is 6.04 Å². The van der Waals surface area contributed by atoms with Gasteiger partial charge in [-0.05, 0) is 34.9 Å². The fourth-order valence-corrected chi connectivity index (χ4v) is 4.95. The van der Waals surface area contributed by atoms with Gasteiger partial charge in [0, 0.05) is 23.0 Å². The number of aromatic nitrogens is 1. The van der Waals surface area contributed by atoms with Crippen molar-refractivity contribution in [3.63, 3.8) is 0 Å². The van der Waals surface area contributed by atoms with E-state index >= 15 is 0 Å². The van der Waals surface area contributed by atoms with Gasteiger partial charge < -0.3 is 24.3 Å². The number of phenolic OH excluding ortho intramolecular Hbond substituents is 1. The third-order valence-electron chi connectivity index (χ3n) is 6.68. The van der Waals surface area contributed by atoms with E-state index in [4.69, 9.17) is 14.2 Å². The largest absolute Gasteiger partial charge is 0.502 e. The molecule has 0 unspecified atom stereocenters. The number of aromatic hydroxyl groups is 1. The molecule has 1 aromatic heterocycles. The number of hydrogen-bond acceptors (Lipinski definition) is 7. The highest BCUT2D eigenvalue weighted by Crippen LogP contribution is 2.42. The van der Waals surface area contributed by atoms with Gasteiger partial charge in [0.25, 0.3) is 0 Å². The Morgan fingerprint density at radius 3 is 2.33 bits per heavy atom. The molecule has 36 heavy (non-hydrogen) atoms. The summed E-state index contributed by atoms with van der Waals surface area (Å²) in [7, 11) is 4.40. The van der Waals surface area contributed by atoms with E-state index in [0.29, 0.717) is 17.9 Å². The fourth-order valence-electron chi connectivity index (χ4n) is 4.95. The number of nitrogens with one attached hydrogen (secondary N) is 3. The minimum Gasteiger partial charge on any atom is -0.502 e. The first-order valence-corrected chi connectivity index (χ1v) is 11.7. The van der Waals surface area contributed by atoms with Crippen LogP contribution >= 0.6 is 0 Å². The lowest BCUT2D eigenvalue weighted by Crippen LogP contribution is -2.51. The Labute approximate surface area is 209 Å². The van der Waals surface area contributed by atoms with Crippen molar-refractivity contribution in [3.8, 4) is 17.2 Å². The lowest BCUT2D eigenvalue weighted by Gasteiger charge is -2.34. The molecule has 3 atom stereocenters. The molecule has 1 aliphatic rings. The first-order chi connectivity index (χ1) is 17.5. The summed E-state index contributed by atoms with van der Waals surface area (Å²) in [5.74, 6) is 0.212. The van der Waals surface area contributed by atoms with Gasteiger partial charge in [-0.2, -0.15) is 0 Å². The first kappa shape index (κ1) is 23.7. The van der Waals surface area contributed by atoms with Crippen molar-refractivity contribution < 1.29 is 24.1 Å². The van der Waals surface area contributed by atoms with Gasteiger partial charge >= 0.3 is 5.97 Å². The Morgan fingerprint density at radius 2 is 1.67 bits per heavy atom. The maximum absolute atomic E-state index is 12.8. The second-order valence-corrected chi connectivity index (χ2v) is 8.73. The molecule has 4 aromatic rings.